The number of aromatic nitrogens is 16. The Bertz CT molecular complexity index is 5310. The number of nitrogens with one attached hydrogen (secondary N) is 4. The first-order chi connectivity index (χ1) is 56.3. The van der Waals surface area contributed by atoms with E-state index in [0.29, 0.717) is 121 Å². The molecule has 0 aliphatic carbocycles. The maximum absolute atomic E-state index is 13.9. The number of ether oxygens (including phenoxy) is 4. The Balaban J connectivity index is 0.000000136. The van der Waals surface area contributed by atoms with Crippen molar-refractivity contribution in [3.8, 4) is 23.0 Å². The molecule has 0 atom stereocenters. The number of halogens is 8. The molecule has 4 aromatic carbocycles. The average Bonchev–Trinajstić information content (AvgIpc) is 1.64. The van der Waals surface area contributed by atoms with Crippen LogP contribution in [0.25, 0.3) is 44.7 Å². The van der Waals surface area contributed by atoms with Crippen LogP contribution >= 0.6 is 90.4 Å². The highest BCUT2D eigenvalue weighted by Gasteiger charge is 2.28. The Hall–Kier alpha value is -8.04. The van der Waals surface area contributed by atoms with E-state index in [1.165, 1.54) is 22.3 Å². The first-order valence-electron chi connectivity index (χ1n) is 39.6. The van der Waals surface area contributed by atoms with Gasteiger partial charge in [0.1, 0.15) is 46.3 Å². The van der Waals surface area contributed by atoms with E-state index >= 15 is 0 Å². The smallest absolute Gasteiger partial charge is 0.312 e. The summed E-state index contributed by atoms with van der Waals surface area (Å²) in [6.07, 6.45) is 2.73. The lowest BCUT2D eigenvalue weighted by Gasteiger charge is -2.19. The van der Waals surface area contributed by atoms with E-state index < -0.39 is 24.3 Å². The van der Waals surface area contributed by atoms with Crippen molar-refractivity contribution in [1.82, 2.24) is 99.3 Å². The molecule has 36 heteroatoms. The summed E-state index contributed by atoms with van der Waals surface area (Å²) in [4.78, 5) is 49.2. The van der Waals surface area contributed by atoms with Crippen molar-refractivity contribution < 1.29 is 36.5 Å². The normalized spacial score (nSPS) is 13.5. The number of nitrogens with zero attached hydrogens (tertiary/aromatic N) is 16. The van der Waals surface area contributed by atoms with Crippen molar-refractivity contribution >= 4 is 158 Å². The summed E-state index contributed by atoms with van der Waals surface area (Å²) in [7, 11) is 0. The monoisotopic (exact) mass is 2070 g/mol. The molecule has 0 unspecified atom stereocenters. The summed E-state index contributed by atoms with van der Waals surface area (Å²) in [6.45, 7) is 33.5. The molecule has 0 spiro atoms. The van der Waals surface area contributed by atoms with Crippen LogP contribution < -0.4 is 63.1 Å². The minimum atomic E-state index is -0.837. The first-order valence-corrected chi connectivity index (χ1v) is 43.9. The van der Waals surface area contributed by atoms with E-state index in [-0.39, 0.29) is 34.1 Å². The van der Waals surface area contributed by atoms with E-state index in [0.717, 1.165) is 174 Å². The molecule has 0 bridgehead atoms. The van der Waals surface area contributed by atoms with Crippen molar-refractivity contribution in [2.24, 2.45) is 22.7 Å². The van der Waals surface area contributed by atoms with E-state index in [1.54, 1.807) is 0 Å². The lowest BCUT2D eigenvalue weighted by Crippen LogP contribution is -2.30. The van der Waals surface area contributed by atoms with Gasteiger partial charge in [-0.15, -0.1) is 0 Å². The number of hydrogen-bond acceptors (Lipinski definition) is 24. The number of hydrogen-bond donors (Lipinski definition) is 8. The highest BCUT2D eigenvalue weighted by molar-refractivity contribution is 14.1. The second kappa shape index (κ2) is 38.4. The SMILES string of the molecule is CC(C)(C)CNCCn1c(Cc2cc3c(cc2[124I])CCO3)nc2c(N)nc(F)nc21.CC(C)(C)CNCCn1c(Cc2cc3c(cc2[131I])CCO3)nc2c(N)nc(F)nc21.CC(C)CNCCn1c(Cc2cc3c(cc2[124I])CCO3)nc2c(N)nc(F)nc21.CC(C)CNCCn1c(Cc2cc3c(cc2[131I])CCO3)nc2c(N)nc(F)nc21. The number of benzene rings is 4. The van der Waals surface area contributed by atoms with Crippen molar-refractivity contribution in [2.75, 3.05) is 102 Å². The van der Waals surface area contributed by atoms with Crippen LogP contribution in [0.4, 0.5) is 40.8 Å². The molecule has 0 radical (unpaired) electrons. The van der Waals surface area contributed by atoms with E-state index in [1.807, 2.05) is 18.3 Å². The highest BCUT2D eigenvalue weighted by atomic mass is 131. The fourth-order valence-electron chi connectivity index (χ4n) is 14.3. The largest absolute Gasteiger partial charge is 0.493 e. The Kier molecular flexibility index (Phi) is 28.5. The van der Waals surface area contributed by atoms with Crippen molar-refractivity contribution in [2.45, 2.75) is 147 Å². The second-order valence-electron chi connectivity index (χ2n) is 32.9. The summed E-state index contributed by atoms with van der Waals surface area (Å²) in [5.41, 5.74) is 37.0. The van der Waals surface area contributed by atoms with Gasteiger partial charge in [-0.25, -0.2) is 19.9 Å². The van der Waals surface area contributed by atoms with Gasteiger partial charge >= 0.3 is 24.3 Å². The molecule has 28 nitrogen and oxygen atoms in total. The third-order valence-electron chi connectivity index (χ3n) is 20.0. The average molecular weight is 2070 g/mol. The van der Waals surface area contributed by atoms with Crippen LogP contribution in [0.15, 0.2) is 48.5 Å². The molecule has 12 heterocycles. The van der Waals surface area contributed by atoms with Gasteiger partial charge in [0.25, 0.3) is 0 Å². The van der Waals surface area contributed by atoms with Crippen LogP contribution in [0.2, 0.25) is 0 Å². The third-order valence-corrected chi connectivity index (χ3v) is 24.0. The third kappa shape index (κ3) is 21.8. The molecule has 0 saturated heterocycles. The van der Waals surface area contributed by atoms with Gasteiger partial charge in [0.05, 0.1) is 26.4 Å². The summed E-state index contributed by atoms with van der Waals surface area (Å²) in [5, 5.41) is 13.7. The predicted molar refractivity (Wildman–Crippen MR) is 483 cm³/mol. The Morgan fingerprint density at radius 2 is 0.636 bits per heavy atom. The van der Waals surface area contributed by atoms with Crippen molar-refractivity contribution in [1.29, 1.82) is 0 Å². The Morgan fingerprint density at radius 1 is 0.381 bits per heavy atom. The lowest BCUT2D eigenvalue weighted by atomic mass is 9.97. The van der Waals surface area contributed by atoms with Crippen molar-refractivity contribution in [3.05, 3.63) is 155 Å². The number of fused-ring (bicyclic) bond motifs is 8. The zero-order valence-corrected chi connectivity index (χ0v) is 76.5. The molecule has 8 aromatic heterocycles. The summed E-state index contributed by atoms with van der Waals surface area (Å²) in [6, 6.07) is 17.0. The predicted octanol–water partition coefficient (Wildman–Crippen LogP) is 12.5. The number of rotatable bonds is 26. The maximum atomic E-state index is 13.9. The number of anilines is 4. The Morgan fingerprint density at radius 3 is 0.907 bits per heavy atom. The van der Waals surface area contributed by atoms with Gasteiger partial charge in [0.2, 0.25) is 0 Å². The number of nitrogens with two attached hydrogens (primary N) is 4. The molecular formula is C82H100F4I4N24O4. The molecule has 4 aliphatic heterocycles. The molecule has 628 valence electrons. The molecular weight excluding hydrogens is 1970 g/mol. The van der Waals surface area contributed by atoms with Gasteiger partial charge in [-0.1, -0.05) is 69.2 Å². The van der Waals surface area contributed by atoms with Crippen LogP contribution in [-0.2, 0) is 77.5 Å². The zero-order valence-electron chi connectivity index (χ0n) is 67.9. The van der Waals surface area contributed by atoms with Gasteiger partial charge in [-0.3, -0.25) is 0 Å². The standard InChI is InChI=1S/2C21H26FIN6O.2C20H24FIN6O/c2*1-21(2,3)11-25-5-6-29-16(26-17-18(24)27-20(22)28-19(17)29)10-13-9-15-12(4-7-30-15)8-14(13)23;2*1-11(2)10-24-4-5-28-16(25-17-18(23)26-20(21)27-19(17)28)9-13-8-15-12(3-6-29-15)7-14(13)22/h2*8-9,25H,4-7,10-11H2,1-3H3,(H2,24,27,28);2*7-8,11,24H,3-6,9-10H2,1-2H3,(H2,23,26,27)/i23+4;23-3;22+4;22-3. The fourth-order valence-corrected chi connectivity index (χ4v) is 17.2. The Labute approximate surface area is 736 Å². The molecule has 16 rings (SSSR count). The maximum Gasteiger partial charge on any atom is 0.312 e. The van der Waals surface area contributed by atoms with Gasteiger partial charge in [0, 0.05) is 131 Å². The van der Waals surface area contributed by atoms with Crippen LogP contribution in [0.3, 0.4) is 0 Å². The zero-order chi connectivity index (χ0) is 84.0. The van der Waals surface area contributed by atoms with E-state index in [4.69, 9.17) is 41.9 Å². The van der Waals surface area contributed by atoms with Crippen LogP contribution in [0.5, 0.6) is 23.0 Å². The van der Waals surface area contributed by atoms with E-state index in [9.17, 15) is 17.6 Å². The number of nitrogen functional groups attached to an aromatic ring is 4. The molecule has 12 N–H and O–H groups in total. The molecule has 0 saturated carbocycles. The lowest BCUT2D eigenvalue weighted by molar-refractivity contribution is 0.356. The number of imidazole rings is 4. The first kappa shape index (κ1) is 87.8. The van der Waals surface area contributed by atoms with Gasteiger partial charge < -0.3 is 81.4 Å². The highest BCUT2D eigenvalue weighted by Crippen LogP contribution is 2.37. The van der Waals surface area contributed by atoms with Crippen LogP contribution in [0, 0.1) is 61.3 Å². The summed E-state index contributed by atoms with van der Waals surface area (Å²) in [5.74, 6) is 8.24. The second-order valence-corrected chi connectivity index (χ2v) is 37.5. The fraction of sp³-hybridized carbons (Fsp3) is 0.463. The molecule has 118 heavy (non-hydrogen) atoms. The van der Waals surface area contributed by atoms with Crippen molar-refractivity contribution in [3.63, 3.8) is 0 Å². The minimum Gasteiger partial charge on any atom is -0.493 e. The van der Waals surface area contributed by atoms with Crippen LogP contribution in [0.1, 0.15) is 137 Å². The molecule has 0 amide bonds. The molecule has 0 fully saturated rings. The summed E-state index contributed by atoms with van der Waals surface area (Å²) >= 11 is 9.39. The van der Waals surface area contributed by atoms with Gasteiger partial charge in [-0.05, 0) is 219 Å². The van der Waals surface area contributed by atoms with E-state index in [2.05, 4.69) is 289 Å². The molecule has 12 aromatic rings. The van der Waals surface area contributed by atoms with Gasteiger partial charge in [-0.2, -0.15) is 57.4 Å². The minimum absolute atomic E-state index is 0.0622. The quantitative estimate of drug-likeness (QED) is 0.0108. The topological polar surface area (TPSA) is 364 Å². The molecule has 4 aliphatic rings. The summed E-state index contributed by atoms with van der Waals surface area (Å²) < 4.78 is 90.8. The van der Waals surface area contributed by atoms with Gasteiger partial charge in [0.15, 0.2) is 67.9 Å². The van der Waals surface area contributed by atoms with Crippen LogP contribution in [-0.4, -0.2) is 157 Å².